The minimum Gasteiger partial charge on any atom is -0.351 e. The molecule has 1 aliphatic carbocycles. The molecule has 1 saturated heterocycles. The Labute approximate surface area is 152 Å². The van der Waals surface area contributed by atoms with Crippen molar-refractivity contribution in [3.8, 4) is 0 Å². The van der Waals surface area contributed by atoms with Gasteiger partial charge in [-0.05, 0) is 42.9 Å². The van der Waals surface area contributed by atoms with Crippen molar-refractivity contribution in [1.82, 2.24) is 10.6 Å². The van der Waals surface area contributed by atoms with E-state index < -0.39 is 9.84 Å². The highest BCUT2D eigenvalue weighted by Crippen LogP contribution is 2.42. The van der Waals surface area contributed by atoms with Gasteiger partial charge in [-0.3, -0.25) is 9.59 Å². The Morgan fingerprint density at radius 1 is 1.16 bits per heavy atom. The van der Waals surface area contributed by atoms with Crippen LogP contribution in [0.3, 0.4) is 0 Å². The largest absolute Gasteiger partial charge is 0.351 e. The van der Waals surface area contributed by atoms with Crippen molar-refractivity contribution in [2.24, 2.45) is 5.92 Å². The fourth-order valence-electron chi connectivity index (χ4n) is 3.20. The van der Waals surface area contributed by atoms with Gasteiger partial charge in [-0.2, -0.15) is 0 Å². The minimum absolute atomic E-state index is 0.0256. The van der Waals surface area contributed by atoms with Crippen molar-refractivity contribution in [3.63, 3.8) is 0 Å². The van der Waals surface area contributed by atoms with Gasteiger partial charge >= 0.3 is 0 Å². The molecule has 1 saturated carbocycles. The molecule has 2 unspecified atom stereocenters. The summed E-state index contributed by atoms with van der Waals surface area (Å²) in [6, 6.07) is 6.84. The molecule has 6 nitrogen and oxygen atoms in total. The molecular formula is C17H21ClN2O4S. The number of hydrogen-bond donors (Lipinski definition) is 2. The van der Waals surface area contributed by atoms with E-state index in [1.165, 1.54) is 0 Å². The molecule has 0 aromatic heterocycles. The van der Waals surface area contributed by atoms with Gasteiger partial charge in [-0.1, -0.05) is 23.7 Å². The van der Waals surface area contributed by atoms with E-state index in [1.807, 2.05) is 12.1 Å². The van der Waals surface area contributed by atoms with Crippen LogP contribution in [0.15, 0.2) is 24.3 Å². The highest BCUT2D eigenvalue weighted by Gasteiger charge is 2.37. The zero-order valence-electron chi connectivity index (χ0n) is 13.7. The standard InChI is InChI=1S/C17H21ClN2O4S/c18-13-5-3-12(4-6-13)16(11-1-2-11)17(22)19-9-15(21)20-14-7-8-25(23,24)10-14/h3-6,11,14,16H,1-2,7-10H2,(H,19,22)(H,20,21). The van der Waals surface area contributed by atoms with E-state index in [2.05, 4.69) is 10.6 Å². The molecule has 136 valence electrons. The maximum absolute atomic E-state index is 12.5. The van der Waals surface area contributed by atoms with Gasteiger partial charge in [0.25, 0.3) is 0 Å². The normalized spacial score (nSPS) is 23.0. The first-order valence-corrected chi connectivity index (χ1v) is 10.6. The summed E-state index contributed by atoms with van der Waals surface area (Å²) in [6.45, 7) is -0.147. The molecule has 3 rings (SSSR count). The molecular weight excluding hydrogens is 364 g/mol. The molecule has 0 spiro atoms. The summed E-state index contributed by atoms with van der Waals surface area (Å²) in [4.78, 5) is 24.5. The Hall–Kier alpha value is -1.60. The summed E-state index contributed by atoms with van der Waals surface area (Å²) in [6.07, 6.45) is 2.41. The van der Waals surface area contributed by atoms with Crippen molar-refractivity contribution < 1.29 is 18.0 Å². The van der Waals surface area contributed by atoms with Crippen molar-refractivity contribution in [2.75, 3.05) is 18.1 Å². The number of hydrogen-bond acceptors (Lipinski definition) is 4. The Bertz CT molecular complexity index is 759. The van der Waals surface area contributed by atoms with Crippen molar-refractivity contribution in [1.29, 1.82) is 0 Å². The lowest BCUT2D eigenvalue weighted by molar-refractivity contribution is -0.127. The molecule has 2 N–H and O–H groups in total. The predicted molar refractivity (Wildman–Crippen MR) is 95.1 cm³/mol. The molecule has 2 aliphatic rings. The van der Waals surface area contributed by atoms with E-state index >= 15 is 0 Å². The average Bonchev–Trinajstić information content (AvgIpc) is 3.32. The van der Waals surface area contributed by atoms with E-state index in [9.17, 15) is 18.0 Å². The smallest absolute Gasteiger partial charge is 0.239 e. The highest BCUT2D eigenvalue weighted by atomic mass is 35.5. The fourth-order valence-corrected chi connectivity index (χ4v) is 5.00. The maximum atomic E-state index is 12.5. The second kappa shape index (κ2) is 7.33. The van der Waals surface area contributed by atoms with Gasteiger partial charge in [-0.25, -0.2) is 8.42 Å². The van der Waals surface area contributed by atoms with Crippen LogP contribution in [0.2, 0.25) is 5.02 Å². The third kappa shape index (κ3) is 4.95. The van der Waals surface area contributed by atoms with E-state index in [0.717, 1.165) is 18.4 Å². The molecule has 2 atom stereocenters. The van der Waals surface area contributed by atoms with Gasteiger partial charge < -0.3 is 10.6 Å². The van der Waals surface area contributed by atoms with Crippen molar-refractivity contribution in [3.05, 3.63) is 34.9 Å². The number of nitrogens with one attached hydrogen (secondary N) is 2. The Balaban J connectivity index is 1.53. The third-order valence-electron chi connectivity index (χ3n) is 4.63. The van der Waals surface area contributed by atoms with Crippen molar-refractivity contribution in [2.45, 2.75) is 31.2 Å². The highest BCUT2D eigenvalue weighted by molar-refractivity contribution is 7.91. The van der Waals surface area contributed by atoms with Crippen LogP contribution in [-0.4, -0.2) is 44.3 Å². The van der Waals surface area contributed by atoms with Crippen LogP contribution in [0.1, 0.15) is 30.7 Å². The summed E-state index contributed by atoms with van der Waals surface area (Å²) in [5.74, 6) is -0.450. The molecule has 2 amide bonds. The molecule has 0 bridgehead atoms. The van der Waals surface area contributed by atoms with Gasteiger partial charge in [0, 0.05) is 11.1 Å². The average molecular weight is 385 g/mol. The molecule has 25 heavy (non-hydrogen) atoms. The van der Waals surface area contributed by atoms with Crippen LogP contribution < -0.4 is 10.6 Å². The minimum atomic E-state index is -3.04. The third-order valence-corrected chi connectivity index (χ3v) is 6.65. The molecule has 1 aromatic rings. The number of amides is 2. The van der Waals surface area contributed by atoms with Gasteiger partial charge in [0.15, 0.2) is 9.84 Å². The van der Waals surface area contributed by atoms with Crippen LogP contribution in [0.25, 0.3) is 0 Å². The molecule has 8 heteroatoms. The Morgan fingerprint density at radius 3 is 2.40 bits per heavy atom. The molecule has 1 aliphatic heterocycles. The monoisotopic (exact) mass is 384 g/mol. The summed E-state index contributed by atoms with van der Waals surface area (Å²) < 4.78 is 22.8. The first-order chi connectivity index (χ1) is 11.8. The fraction of sp³-hybridized carbons (Fsp3) is 0.529. The SMILES string of the molecule is O=C(CNC(=O)C(c1ccc(Cl)cc1)C1CC1)NC1CCS(=O)(=O)C1. The van der Waals surface area contributed by atoms with Gasteiger partial charge in [0.1, 0.15) is 0 Å². The van der Waals surface area contributed by atoms with Crippen LogP contribution in [0, 0.1) is 5.92 Å². The first-order valence-electron chi connectivity index (χ1n) is 8.37. The zero-order valence-corrected chi connectivity index (χ0v) is 15.3. The number of sulfone groups is 1. The maximum Gasteiger partial charge on any atom is 0.239 e. The summed E-state index contributed by atoms with van der Waals surface area (Å²) in [5, 5.41) is 5.96. The lowest BCUT2D eigenvalue weighted by atomic mass is 9.93. The van der Waals surface area contributed by atoms with Crippen LogP contribution in [-0.2, 0) is 19.4 Å². The van der Waals surface area contributed by atoms with E-state index in [4.69, 9.17) is 11.6 Å². The van der Waals surface area contributed by atoms with Crippen molar-refractivity contribution >= 4 is 33.3 Å². The number of rotatable bonds is 6. The lowest BCUT2D eigenvalue weighted by Gasteiger charge is -2.17. The zero-order chi connectivity index (χ0) is 18.0. The lowest BCUT2D eigenvalue weighted by Crippen LogP contribution is -2.43. The molecule has 1 heterocycles. The Morgan fingerprint density at radius 2 is 1.84 bits per heavy atom. The van der Waals surface area contributed by atoms with E-state index in [1.54, 1.807) is 12.1 Å². The van der Waals surface area contributed by atoms with E-state index in [-0.39, 0.29) is 41.8 Å². The summed E-state index contributed by atoms with van der Waals surface area (Å²) in [5.41, 5.74) is 0.895. The van der Waals surface area contributed by atoms with Gasteiger partial charge in [0.2, 0.25) is 11.8 Å². The number of benzene rings is 1. The predicted octanol–water partition coefficient (Wildman–Crippen LogP) is 1.25. The second-order valence-corrected chi connectivity index (χ2v) is 9.42. The summed E-state index contributed by atoms with van der Waals surface area (Å²) >= 11 is 5.90. The van der Waals surface area contributed by atoms with E-state index in [0.29, 0.717) is 17.4 Å². The molecule has 1 aromatic carbocycles. The topological polar surface area (TPSA) is 92.3 Å². The first kappa shape index (κ1) is 18.2. The van der Waals surface area contributed by atoms with Crippen LogP contribution in [0.5, 0.6) is 0 Å². The van der Waals surface area contributed by atoms with Crippen LogP contribution >= 0.6 is 11.6 Å². The quantitative estimate of drug-likeness (QED) is 0.772. The second-order valence-electron chi connectivity index (χ2n) is 6.75. The summed E-state index contributed by atoms with van der Waals surface area (Å²) in [7, 11) is -3.04. The van der Waals surface area contributed by atoms with Gasteiger partial charge in [0.05, 0.1) is 24.0 Å². The van der Waals surface area contributed by atoms with Crippen LogP contribution in [0.4, 0.5) is 0 Å². The molecule has 0 radical (unpaired) electrons. The molecule has 2 fully saturated rings. The number of halogens is 1. The van der Waals surface area contributed by atoms with Gasteiger partial charge in [-0.15, -0.1) is 0 Å². The number of carbonyl (C=O) groups excluding carboxylic acids is 2. The number of carbonyl (C=O) groups is 2. The Kier molecular flexibility index (Phi) is 5.34.